The molecule has 27 heavy (non-hydrogen) atoms. The summed E-state index contributed by atoms with van der Waals surface area (Å²) in [7, 11) is 0. The quantitative estimate of drug-likeness (QED) is 0.208. The van der Waals surface area contributed by atoms with Gasteiger partial charge in [-0.3, -0.25) is 4.79 Å². The van der Waals surface area contributed by atoms with E-state index in [9.17, 15) is 31.1 Å². The summed E-state index contributed by atoms with van der Waals surface area (Å²) in [5.41, 5.74) is -2.98. The molecule has 1 aromatic heterocycles. The van der Waals surface area contributed by atoms with Crippen molar-refractivity contribution in [3.8, 4) is 0 Å². The molecular weight excluding hydrogens is 374 g/mol. The number of fused-ring (bicyclic) bond motifs is 4. The van der Waals surface area contributed by atoms with Gasteiger partial charge in [0, 0.05) is 0 Å². The maximum absolute atomic E-state index is 13.0. The van der Waals surface area contributed by atoms with Gasteiger partial charge in [-0.1, -0.05) is 12.1 Å². The zero-order valence-electron chi connectivity index (χ0n) is 13.2. The fraction of sp³-hybridized carbons (Fsp3) is 0.105. The first kappa shape index (κ1) is 17.4. The lowest BCUT2D eigenvalue weighted by molar-refractivity contribution is -0.138. The van der Waals surface area contributed by atoms with Crippen molar-refractivity contribution >= 4 is 32.7 Å². The van der Waals surface area contributed by atoms with Gasteiger partial charge >= 0.3 is 12.4 Å². The highest BCUT2D eigenvalue weighted by molar-refractivity contribution is 6.08. The number of hydrogen-bond acceptors (Lipinski definition) is 2. The van der Waals surface area contributed by atoms with Crippen LogP contribution in [0.2, 0.25) is 0 Å². The third-order valence-corrected chi connectivity index (χ3v) is 4.31. The maximum Gasteiger partial charge on any atom is 0.416 e. The van der Waals surface area contributed by atoms with Crippen LogP contribution in [0.3, 0.4) is 0 Å². The zero-order valence-corrected chi connectivity index (χ0v) is 13.2. The SMILES string of the molecule is O=c1c2ccc(C(F)(F)F)cc2oc2ccc3ccc(C(F)(F)F)cc3c12. The molecule has 0 aliphatic carbocycles. The second-order valence-electron chi connectivity index (χ2n) is 6.01. The lowest BCUT2D eigenvalue weighted by Gasteiger charge is -2.10. The van der Waals surface area contributed by atoms with Crippen LogP contribution in [0.5, 0.6) is 0 Å². The van der Waals surface area contributed by atoms with Crippen LogP contribution in [-0.2, 0) is 12.4 Å². The molecule has 0 aliphatic heterocycles. The average Bonchev–Trinajstić information content (AvgIpc) is 2.59. The molecule has 0 saturated heterocycles. The molecule has 0 N–H and O–H groups in total. The summed E-state index contributed by atoms with van der Waals surface area (Å²) in [6.07, 6.45) is -9.22. The van der Waals surface area contributed by atoms with E-state index in [1.165, 1.54) is 18.2 Å². The van der Waals surface area contributed by atoms with E-state index >= 15 is 0 Å². The van der Waals surface area contributed by atoms with Crippen LogP contribution in [0.4, 0.5) is 26.3 Å². The summed E-state index contributed by atoms with van der Waals surface area (Å²) in [5.74, 6) is 0. The second kappa shape index (κ2) is 5.48. The molecule has 0 fully saturated rings. The molecule has 8 heteroatoms. The summed E-state index contributed by atoms with van der Waals surface area (Å²) >= 11 is 0. The highest BCUT2D eigenvalue weighted by Gasteiger charge is 2.32. The van der Waals surface area contributed by atoms with Crippen molar-refractivity contribution in [2.45, 2.75) is 12.4 Å². The topological polar surface area (TPSA) is 30.2 Å². The molecule has 0 amide bonds. The molecule has 0 aliphatic rings. The standard InChI is InChI=1S/C19H8F6O2/c20-18(21,22)10-3-1-9-2-6-14-16(13(9)7-10)17(26)12-5-4-11(19(23,24)25)8-15(12)27-14/h1-8H. The fourth-order valence-electron chi connectivity index (χ4n) is 3.02. The van der Waals surface area contributed by atoms with E-state index in [2.05, 4.69) is 0 Å². The molecule has 0 unspecified atom stereocenters. The van der Waals surface area contributed by atoms with Crippen LogP contribution in [0.15, 0.2) is 57.7 Å². The van der Waals surface area contributed by atoms with E-state index in [1.807, 2.05) is 0 Å². The second-order valence-corrected chi connectivity index (χ2v) is 6.01. The van der Waals surface area contributed by atoms with Gasteiger partial charge in [0.15, 0.2) is 0 Å². The molecule has 3 aromatic carbocycles. The lowest BCUT2D eigenvalue weighted by atomic mass is 10.0. The molecule has 4 rings (SSSR count). The largest absolute Gasteiger partial charge is 0.456 e. The number of hydrogen-bond donors (Lipinski definition) is 0. The van der Waals surface area contributed by atoms with Crippen molar-refractivity contribution in [2.24, 2.45) is 0 Å². The van der Waals surface area contributed by atoms with Crippen LogP contribution >= 0.6 is 0 Å². The van der Waals surface area contributed by atoms with E-state index < -0.39 is 28.9 Å². The van der Waals surface area contributed by atoms with E-state index in [0.717, 1.165) is 24.3 Å². The Morgan fingerprint density at radius 2 is 1.26 bits per heavy atom. The van der Waals surface area contributed by atoms with Crippen LogP contribution in [-0.4, -0.2) is 0 Å². The molecule has 0 spiro atoms. The summed E-state index contributed by atoms with van der Waals surface area (Å²) in [6.45, 7) is 0. The maximum atomic E-state index is 13.0. The number of rotatable bonds is 0. The minimum atomic E-state index is -4.62. The van der Waals surface area contributed by atoms with Gasteiger partial charge in [0.1, 0.15) is 11.2 Å². The minimum Gasteiger partial charge on any atom is -0.456 e. The summed E-state index contributed by atoms with van der Waals surface area (Å²) in [4.78, 5) is 12.8. The van der Waals surface area contributed by atoms with E-state index in [1.54, 1.807) is 0 Å². The molecule has 138 valence electrons. The Hall–Kier alpha value is -3.03. The number of benzene rings is 3. The van der Waals surface area contributed by atoms with Crippen LogP contribution in [0, 0.1) is 0 Å². The van der Waals surface area contributed by atoms with E-state index in [-0.39, 0.29) is 27.3 Å². The van der Waals surface area contributed by atoms with Gasteiger partial charge in [-0.15, -0.1) is 0 Å². The van der Waals surface area contributed by atoms with Gasteiger partial charge < -0.3 is 4.42 Å². The van der Waals surface area contributed by atoms with Gasteiger partial charge in [-0.2, -0.15) is 26.3 Å². The average molecular weight is 382 g/mol. The minimum absolute atomic E-state index is 0.0258. The third kappa shape index (κ3) is 2.81. The van der Waals surface area contributed by atoms with Crippen LogP contribution < -0.4 is 5.43 Å². The molecule has 0 bridgehead atoms. The van der Waals surface area contributed by atoms with Crippen molar-refractivity contribution in [1.29, 1.82) is 0 Å². The summed E-state index contributed by atoms with van der Waals surface area (Å²) in [6, 6.07) is 8.16. The van der Waals surface area contributed by atoms with Gasteiger partial charge in [0.05, 0.1) is 21.9 Å². The summed E-state index contributed by atoms with van der Waals surface area (Å²) in [5, 5.41) is 0.165. The predicted octanol–water partition coefficient (Wildman–Crippen LogP) is 6.14. The first-order chi connectivity index (χ1) is 12.6. The highest BCUT2D eigenvalue weighted by atomic mass is 19.4. The van der Waals surface area contributed by atoms with Crippen molar-refractivity contribution < 1.29 is 30.8 Å². The van der Waals surface area contributed by atoms with Crippen molar-refractivity contribution in [3.63, 3.8) is 0 Å². The Bertz CT molecular complexity index is 1270. The fourth-order valence-corrected chi connectivity index (χ4v) is 3.02. The Morgan fingerprint density at radius 3 is 1.93 bits per heavy atom. The van der Waals surface area contributed by atoms with Crippen molar-refractivity contribution in [2.75, 3.05) is 0 Å². The van der Waals surface area contributed by atoms with Gasteiger partial charge in [0.2, 0.25) is 5.43 Å². The number of halogens is 6. The first-order valence-corrected chi connectivity index (χ1v) is 7.63. The molecule has 0 saturated carbocycles. The third-order valence-electron chi connectivity index (χ3n) is 4.31. The van der Waals surface area contributed by atoms with Gasteiger partial charge in [0.25, 0.3) is 0 Å². The van der Waals surface area contributed by atoms with Crippen molar-refractivity contribution in [3.05, 3.63) is 69.9 Å². The zero-order chi connectivity index (χ0) is 19.6. The Morgan fingerprint density at radius 1 is 0.667 bits per heavy atom. The van der Waals surface area contributed by atoms with Crippen LogP contribution in [0.25, 0.3) is 32.7 Å². The van der Waals surface area contributed by atoms with Crippen molar-refractivity contribution in [1.82, 2.24) is 0 Å². The molecule has 0 radical (unpaired) electrons. The Balaban J connectivity index is 2.11. The smallest absolute Gasteiger partial charge is 0.416 e. The molecule has 4 aromatic rings. The van der Waals surface area contributed by atoms with E-state index in [0.29, 0.717) is 11.5 Å². The highest BCUT2D eigenvalue weighted by Crippen LogP contribution is 2.35. The molecule has 0 atom stereocenters. The first-order valence-electron chi connectivity index (χ1n) is 7.63. The normalized spacial score (nSPS) is 13.0. The molecule has 2 nitrogen and oxygen atoms in total. The van der Waals surface area contributed by atoms with Gasteiger partial charge in [-0.25, -0.2) is 0 Å². The Kier molecular flexibility index (Phi) is 3.53. The Labute approximate surface area is 146 Å². The monoisotopic (exact) mass is 382 g/mol. The lowest BCUT2D eigenvalue weighted by Crippen LogP contribution is -2.08. The molecular formula is C19H8F6O2. The molecule has 1 heterocycles. The van der Waals surface area contributed by atoms with E-state index in [4.69, 9.17) is 4.42 Å². The summed E-state index contributed by atoms with van der Waals surface area (Å²) < 4.78 is 83.1. The van der Waals surface area contributed by atoms with Gasteiger partial charge in [-0.05, 0) is 47.2 Å². The van der Waals surface area contributed by atoms with Crippen LogP contribution in [0.1, 0.15) is 11.1 Å². The predicted molar refractivity (Wildman–Crippen MR) is 87.5 cm³/mol. The number of alkyl halides is 6.